The first kappa shape index (κ1) is 13.8. The molecule has 0 spiro atoms. The van der Waals surface area contributed by atoms with Crippen molar-refractivity contribution >= 4 is 29.3 Å². The van der Waals surface area contributed by atoms with Gasteiger partial charge in [-0.15, -0.1) is 11.8 Å². The molecular weight excluding hydrogens is 266 g/mol. The fourth-order valence-corrected chi connectivity index (χ4v) is 3.11. The number of halogens is 1. The molecular formula is C14H18ClNOS. The van der Waals surface area contributed by atoms with E-state index in [4.69, 9.17) is 11.6 Å². The minimum absolute atomic E-state index is 0.251. The molecule has 1 aliphatic rings. The van der Waals surface area contributed by atoms with E-state index in [1.165, 1.54) is 6.42 Å². The van der Waals surface area contributed by atoms with E-state index in [1.807, 2.05) is 29.2 Å². The SMILES string of the molecule is C[C@@H]1CCCN(C(=O)CSc2ccc(Cl)cc2)C1. The molecule has 18 heavy (non-hydrogen) atoms. The number of nitrogens with zero attached hydrogens (tertiary/aromatic N) is 1. The zero-order chi connectivity index (χ0) is 13.0. The van der Waals surface area contributed by atoms with Crippen LogP contribution in [0.15, 0.2) is 29.2 Å². The monoisotopic (exact) mass is 283 g/mol. The highest BCUT2D eigenvalue weighted by atomic mass is 35.5. The lowest BCUT2D eigenvalue weighted by molar-refractivity contribution is -0.130. The number of carbonyl (C=O) groups excluding carboxylic acids is 1. The third-order valence-corrected chi connectivity index (χ3v) is 4.43. The molecule has 0 unspecified atom stereocenters. The van der Waals surface area contributed by atoms with Gasteiger partial charge in [-0.3, -0.25) is 4.79 Å². The predicted molar refractivity (Wildman–Crippen MR) is 77.2 cm³/mol. The largest absolute Gasteiger partial charge is 0.342 e. The molecule has 1 aromatic rings. The van der Waals surface area contributed by atoms with Gasteiger partial charge >= 0.3 is 0 Å². The van der Waals surface area contributed by atoms with E-state index in [9.17, 15) is 4.79 Å². The Morgan fingerprint density at radius 3 is 2.83 bits per heavy atom. The number of thioether (sulfide) groups is 1. The van der Waals surface area contributed by atoms with Gasteiger partial charge in [-0.2, -0.15) is 0 Å². The molecule has 1 atom stereocenters. The van der Waals surface area contributed by atoms with Crippen LogP contribution < -0.4 is 0 Å². The zero-order valence-electron chi connectivity index (χ0n) is 10.6. The van der Waals surface area contributed by atoms with E-state index < -0.39 is 0 Å². The van der Waals surface area contributed by atoms with Gasteiger partial charge < -0.3 is 4.90 Å². The second kappa shape index (κ2) is 6.48. The third kappa shape index (κ3) is 3.92. The summed E-state index contributed by atoms with van der Waals surface area (Å²) >= 11 is 7.41. The lowest BCUT2D eigenvalue weighted by Gasteiger charge is -2.30. The summed E-state index contributed by atoms with van der Waals surface area (Å²) in [6.07, 6.45) is 2.38. The van der Waals surface area contributed by atoms with Crippen LogP contribution in [0.2, 0.25) is 5.02 Å². The predicted octanol–water partition coefficient (Wildman–Crippen LogP) is 3.69. The van der Waals surface area contributed by atoms with Gasteiger partial charge in [0.2, 0.25) is 5.91 Å². The Hall–Kier alpha value is -0.670. The van der Waals surface area contributed by atoms with Crippen LogP contribution in [0.5, 0.6) is 0 Å². The summed E-state index contributed by atoms with van der Waals surface area (Å²) in [4.78, 5) is 15.2. The van der Waals surface area contributed by atoms with E-state index in [-0.39, 0.29) is 5.91 Å². The van der Waals surface area contributed by atoms with E-state index in [2.05, 4.69) is 6.92 Å². The lowest BCUT2D eigenvalue weighted by Crippen LogP contribution is -2.40. The summed E-state index contributed by atoms with van der Waals surface area (Å²) in [6.45, 7) is 4.05. The summed E-state index contributed by atoms with van der Waals surface area (Å²) in [5.74, 6) is 1.42. The van der Waals surface area contributed by atoms with Crippen molar-refractivity contribution < 1.29 is 4.79 Å². The first-order chi connectivity index (χ1) is 8.65. The summed E-state index contributed by atoms with van der Waals surface area (Å²) in [7, 11) is 0. The van der Waals surface area contributed by atoms with Crippen molar-refractivity contribution in [3.05, 3.63) is 29.3 Å². The molecule has 0 saturated carbocycles. The van der Waals surface area contributed by atoms with Crippen molar-refractivity contribution in [1.29, 1.82) is 0 Å². The van der Waals surface area contributed by atoms with Gasteiger partial charge in [-0.25, -0.2) is 0 Å². The highest BCUT2D eigenvalue weighted by molar-refractivity contribution is 8.00. The first-order valence-electron chi connectivity index (χ1n) is 6.31. The Morgan fingerprint density at radius 1 is 1.44 bits per heavy atom. The van der Waals surface area contributed by atoms with Gasteiger partial charge in [-0.05, 0) is 43.0 Å². The van der Waals surface area contributed by atoms with E-state index >= 15 is 0 Å². The molecule has 2 rings (SSSR count). The molecule has 1 heterocycles. The molecule has 1 aliphatic heterocycles. The molecule has 0 radical (unpaired) electrons. The lowest BCUT2D eigenvalue weighted by atomic mass is 10.0. The maximum absolute atomic E-state index is 12.1. The Bertz CT molecular complexity index is 407. The van der Waals surface area contributed by atoms with Gasteiger partial charge in [0.05, 0.1) is 5.75 Å². The molecule has 1 saturated heterocycles. The standard InChI is InChI=1S/C14H18ClNOS/c1-11-3-2-8-16(9-11)14(17)10-18-13-6-4-12(15)5-7-13/h4-7,11H,2-3,8-10H2,1H3/t11-/m1/s1. The molecule has 0 N–H and O–H groups in total. The van der Waals surface area contributed by atoms with Crippen LogP contribution in [0.3, 0.4) is 0 Å². The van der Waals surface area contributed by atoms with Crippen LogP contribution in [0, 0.1) is 5.92 Å². The molecule has 0 aromatic heterocycles. The number of rotatable bonds is 3. The Labute approximate surface area is 118 Å². The average molecular weight is 284 g/mol. The van der Waals surface area contributed by atoms with Crippen molar-refractivity contribution in [2.45, 2.75) is 24.7 Å². The zero-order valence-corrected chi connectivity index (χ0v) is 12.1. The van der Waals surface area contributed by atoms with Gasteiger partial charge in [0, 0.05) is 23.0 Å². The second-order valence-electron chi connectivity index (χ2n) is 4.83. The number of amides is 1. The Kier molecular flexibility index (Phi) is 4.95. The first-order valence-corrected chi connectivity index (χ1v) is 7.67. The topological polar surface area (TPSA) is 20.3 Å². The van der Waals surface area contributed by atoms with E-state index in [0.29, 0.717) is 11.7 Å². The molecule has 1 fully saturated rings. The fraction of sp³-hybridized carbons (Fsp3) is 0.500. The maximum atomic E-state index is 12.1. The molecule has 4 heteroatoms. The average Bonchev–Trinajstić information content (AvgIpc) is 2.38. The van der Waals surface area contributed by atoms with Crippen LogP contribution >= 0.6 is 23.4 Å². The van der Waals surface area contributed by atoms with E-state index in [0.717, 1.165) is 29.4 Å². The van der Waals surface area contributed by atoms with Crippen molar-refractivity contribution in [3.8, 4) is 0 Å². The van der Waals surface area contributed by atoms with Crippen molar-refractivity contribution in [2.75, 3.05) is 18.8 Å². The number of likely N-dealkylation sites (tertiary alicyclic amines) is 1. The number of hydrogen-bond donors (Lipinski definition) is 0. The van der Waals surface area contributed by atoms with Crippen LogP contribution in [0.1, 0.15) is 19.8 Å². The summed E-state index contributed by atoms with van der Waals surface area (Å²) < 4.78 is 0. The highest BCUT2D eigenvalue weighted by Crippen LogP contribution is 2.22. The van der Waals surface area contributed by atoms with Crippen molar-refractivity contribution in [3.63, 3.8) is 0 Å². The highest BCUT2D eigenvalue weighted by Gasteiger charge is 2.20. The quantitative estimate of drug-likeness (QED) is 0.789. The number of benzene rings is 1. The Balaban J connectivity index is 1.82. The molecule has 2 nitrogen and oxygen atoms in total. The second-order valence-corrected chi connectivity index (χ2v) is 6.31. The minimum Gasteiger partial charge on any atom is -0.342 e. The third-order valence-electron chi connectivity index (χ3n) is 3.19. The number of piperidine rings is 1. The smallest absolute Gasteiger partial charge is 0.232 e. The molecule has 1 amide bonds. The number of carbonyl (C=O) groups is 1. The van der Waals surface area contributed by atoms with Crippen LogP contribution in [-0.2, 0) is 4.79 Å². The van der Waals surface area contributed by atoms with Crippen LogP contribution in [0.25, 0.3) is 0 Å². The summed E-state index contributed by atoms with van der Waals surface area (Å²) in [5.41, 5.74) is 0. The van der Waals surface area contributed by atoms with Gasteiger partial charge in [0.25, 0.3) is 0 Å². The molecule has 0 aliphatic carbocycles. The van der Waals surface area contributed by atoms with Crippen molar-refractivity contribution in [2.24, 2.45) is 5.92 Å². The summed E-state index contributed by atoms with van der Waals surface area (Å²) in [6, 6.07) is 7.63. The van der Waals surface area contributed by atoms with Gasteiger partial charge in [0.15, 0.2) is 0 Å². The van der Waals surface area contributed by atoms with Crippen molar-refractivity contribution in [1.82, 2.24) is 4.90 Å². The maximum Gasteiger partial charge on any atom is 0.232 e. The van der Waals surface area contributed by atoms with Crippen LogP contribution in [0.4, 0.5) is 0 Å². The Morgan fingerprint density at radius 2 is 2.17 bits per heavy atom. The fourth-order valence-electron chi connectivity index (χ4n) is 2.18. The number of hydrogen-bond acceptors (Lipinski definition) is 2. The molecule has 1 aromatic carbocycles. The van der Waals surface area contributed by atoms with Gasteiger partial charge in [-0.1, -0.05) is 18.5 Å². The normalized spacial score (nSPS) is 19.9. The van der Waals surface area contributed by atoms with Crippen LogP contribution in [-0.4, -0.2) is 29.6 Å². The molecule has 98 valence electrons. The minimum atomic E-state index is 0.251. The molecule has 0 bridgehead atoms. The van der Waals surface area contributed by atoms with Gasteiger partial charge in [0.1, 0.15) is 0 Å². The van der Waals surface area contributed by atoms with E-state index in [1.54, 1.807) is 11.8 Å². The summed E-state index contributed by atoms with van der Waals surface area (Å²) in [5, 5.41) is 0.732.